The Bertz CT molecular complexity index is 1090. The van der Waals surface area contributed by atoms with Gasteiger partial charge >= 0.3 is 5.97 Å². The van der Waals surface area contributed by atoms with Crippen LogP contribution in [0.2, 0.25) is 0 Å². The number of methoxy groups -OCH3 is 1. The summed E-state index contributed by atoms with van der Waals surface area (Å²) in [5, 5.41) is 10.3. The molecule has 0 saturated carbocycles. The molecule has 136 valence electrons. The van der Waals surface area contributed by atoms with Crippen LogP contribution in [-0.2, 0) is 21.8 Å². The Morgan fingerprint density at radius 1 is 1.22 bits per heavy atom. The monoisotopic (exact) mass is 379 g/mol. The van der Waals surface area contributed by atoms with Crippen LogP contribution in [0.3, 0.4) is 0 Å². The van der Waals surface area contributed by atoms with Crippen molar-refractivity contribution >= 4 is 28.6 Å². The zero-order valence-electron chi connectivity index (χ0n) is 14.7. The lowest BCUT2D eigenvalue weighted by Gasteiger charge is -2.13. The fourth-order valence-corrected chi connectivity index (χ4v) is 3.69. The van der Waals surface area contributed by atoms with Gasteiger partial charge in [-0.1, -0.05) is 42.1 Å². The van der Waals surface area contributed by atoms with Crippen molar-refractivity contribution in [2.75, 3.05) is 7.11 Å². The molecular formula is C20H17N3O3S. The Balaban J connectivity index is 1.98. The Morgan fingerprint density at radius 2 is 1.96 bits per heavy atom. The summed E-state index contributed by atoms with van der Waals surface area (Å²) in [6.45, 7) is 0.186. The molecule has 27 heavy (non-hydrogen) atoms. The van der Waals surface area contributed by atoms with Crippen LogP contribution in [0, 0.1) is 11.3 Å². The van der Waals surface area contributed by atoms with Crippen LogP contribution in [0.4, 0.5) is 0 Å². The van der Waals surface area contributed by atoms with E-state index in [1.54, 1.807) is 24.3 Å². The topological polar surface area (TPSA) is 85.0 Å². The Labute approximate surface area is 160 Å². The van der Waals surface area contributed by atoms with E-state index in [-0.39, 0.29) is 24.5 Å². The van der Waals surface area contributed by atoms with Gasteiger partial charge in [-0.25, -0.2) is 4.98 Å². The molecule has 0 spiro atoms. The van der Waals surface area contributed by atoms with Crippen molar-refractivity contribution in [3.8, 4) is 6.07 Å². The van der Waals surface area contributed by atoms with Crippen LogP contribution < -0.4 is 5.56 Å². The Kier molecular flexibility index (Phi) is 5.89. The number of nitriles is 1. The third-order valence-corrected chi connectivity index (χ3v) is 5.11. The van der Waals surface area contributed by atoms with E-state index in [2.05, 4.69) is 15.8 Å². The Morgan fingerprint density at radius 3 is 2.74 bits per heavy atom. The molecule has 0 saturated heterocycles. The predicted octanol–water partition coefficient (Wildman–Crippen LogP) is 3.12. The number of carbonyl (C=O) groups is 1. The zero-order chi connectivity index (χ0) is 19.2. The quantitative estimate of drug-likeness (QED) is 0.372. The van der Waals surface area contributed by atoms with E-state index in [1.807, 2.05) is 24.3 Å². The van der Waals surface area contributed by atoms with E-state index in [0.29, 0.717) is 27.4 Å². The second-order valence-corrected chi connectivity index (χ2v) is 6.69. The molecule has 7 heteroatoms. The fourth-order valence-electron chi connectivity index (χ4n) is 2.66. The first-order valence-electron chi connectivity index (χ1n) is 8.31. The molecule has 0 radical (unpaired) electrons. The first-order valence-corrected chi connectivity index (χ1v) is 9.30. The van der Waals surface area contributed by atoms with Gasteiger partial charge in [-0.05, 0) is 23.8 Å². The SMILES string of the molecule is COC(=O)CCn1c(SCc2ccccc2C#N)nc2ccccc2c1=O. The van der Waals surface area contributed by atoms with Crippen LogP contribution in [0.25, 0.3) is 10.9 Å². The molecule has 0 N–H and O–H groups in total. The van der Waals surface area contributed by atoms with Crippen molar-refractivity contribution < 1.29 is 9.53 Å². The minimum atomic E-state index is -0.388. The molecule has 3 rings (SSSR count). The van der Waals surface area contributed by atoms with Gasteiger partial charge in [-0.2, -0.15) is 5.26 Å². The van der Waals surface area contributed by atoms with Crippen molar-refractivity contribution in [2.24, 2.45) is 0 Å². The highest BCUT2D eigenvalue weighted by Gasteiger charge is 2.14. The van der Waals surface area contributed by atoms with Gasteiger partial charge in [0.2, 0.25) is 0 Å². The fraction of sp³-hybridized carbons (Fsp3) is 0.200. The molecule has 0 atom stereocenters. The summed E-state index contributed by atoms with van der Waals surface area (Å²) in [5.74, 6) is 0.105. The van der Waals surface area contributed by atoms with E-state index in [9.17, 15) is 14.9 Å². The molecule has 0 unspecified atom stereocenters. The molecule has 0 aliphatic heterocycles. The summed E-state index contributed by atoms with van der Waals surface area (Å²) in [6, 6.07) is 16.6. The van der Waals surface area contributed by atoms with Crippen molar-refractivity contribution in [3.05, 3.63) is 70.0 Å². The number of aromatic nitrogens is 2. The lowest BCUT2D eigenvalue weighted by atomic mass is 10.1. The molecule has 2 aromatic carbocycles. The van der Waals surface area contributed by atoms with Crippen molar-refractivity contribution in [3.63, 3.8) is 0 Å². The maximum absolute atomic E-state index is 12.9. The third-order valence-electron chi connectivity index (χ3n) is 4.09. The minimum absolute atomic E-state index is 0.0821. The van der Waals surface area contributed by atoms with E-state index in [4.69, 9.17) is 0 Å². The molecule has 6 nitrogen and oxygen atoms in total. The van der Waals surface area contributed by atoms with E-state index >= 15 is 0 Å². The highest BCUT2D eigenvalue weighted by atomic mass is 32.2. The van der Waals surface area contributed by atoms with Gasteiger partial charge in [0.25, 0.3) is 5.56 Å². The number of rotatable bonds is 6. The van der Waals surface area contributed by atoms with Gasteiger partial charge in [0.15, 0.2) is 5.16 Å². The summed E-state index contributed by atoms with van der Waals surface area (Å²) in [5.41, 5.74) is 1.87. The van der Waals surface area contributed by atoms with Crippen LogP contribution in [0.1, 0.15) is 17.5 Å². The number of benzene rings is 2. The van der Waals surface area contributed by atoms with Crippen molar-refractivity contribution in [1.82, 2.24) is 9.55 Å². The van der Waals surface area contributed by atoms with Gasteiger partial charge in [0.05, 0.1) is 36.1 Å². The normalized spacial score (nSPS) is 10.5. The molecule has 0 aliphatic carbocycles. The largest absolute Gasteiger partial charge is 0.469 e. The second-order valence-electron chi connectivity index (χ2n) is 5.75. The van der Waals surface area contributed by atoms with E-state index in [1.165, 1.54) is 23.4 Å². The molecule has 0 fully saturated rings. The van der Waals surface area contributed by atoms with Crippen molar-refractivity contribution in [2.45, 2.75) is 23.9 Å². The number of esters is 1. The Hall–Kier alpha value is -3.11. The first-order chi connectivity index (χ1) is 13.1. The maximum atomic E-state index is 12.9. The number of carbonyl (C=O) groups excluding carboxylic acids is 1. The van der Waals surface area contributed by atoms with Gasteiger partial charge < -0.3 is 4.74 Å². The molecule has 0 aliphatic rings. The van der Waals surface area contributed by atoms with Crippen LogP contribution >= 0.6 is 11.8 Å². The van der Waals surface area contributed by atoms with Gasteiger partial charge in [-0.15, -0.1) is 0 Å². The van der Waals surface area contributed by atoms with Crippen LogP contribution in [-0.4, -0.2) is 22.6 Å². The zero-order valence-corrected chi connectivity index (χ0v) is 15.5. The van der Waals surface area contributed by atoms with E-state index in [0.717, 1.165) is 5.56 Å². The second kappa shape index (κ2) is 8.52. The number of hydrogen-bond donors (Lipinski definition) is 0. The average molecular weight is 379 g/mol. The molecule has 1 heterocycles. The summed E-state index contributed by atoms with van der Waals surface area (Å²) in [6.07, 6.45) is 0.0821. The number of ether oxygens (including phenoxy) is 1. The molecule has 1 aromatic heterocycles. The summed E-state index contributed by atoms with van der Waals surface area (Å²) < 4.78 is 6.18. The number of thioether (sulfide) groups is 1. The summed E-state index contributed by atoms with van der Waals surface area (Å²) in [4.78, 5) is 29.0. The minimum Gasteiger partial charge on any atom is -0.469 e. The third kappa shape index (κ3) is 4.18. The van der Waals surface area contributed by atoms with Gasteiger partial charge in [-0.3, -0.25) is 14.2 Å². The van der Waals surface area contributed by atoms with Crippen molar-refractivity contribution in [1.29, 1.82) is 5.26 Å². The highest BCUT2D eigenvalue weighted by Crippen LogP contribution is 2.24. The number of nitrogens with zero attached hydrogens (tertiary/aromatic N) is 3. The number of hydrogen-bond acceptors (Lipinski definition) is 6. The molecule has 3 aromatic rings. The molecular weight excluding hydrogens is 362 g/mol. The lowest BCUT2D eigenvalue weighted by Crippen LogP contribution is -2.24. The predicted molar refractivity (Wildman–Crippen MR) is 103 cm³/mol. The average Bonchev–Trinajstić information content (AvgIpc) is 2.71. The van der Waals surface area contributed by atoms with Gasteiger partial charge in [0.1, 0.15) is 0 Å². The lowest BCUT2D eigenvalue weighted by molar-refractivity contribution is -0.140. The molecule has 0 amide bonds. The number of fused-ring (bicyclic) bond motifs is 1. The van der Waals surface area contributed by atoms with Gasteiger partial charge in [0, 0.05) is 12.3 Å². The standard InChI is InChI=1S/C20H17N3O3S/c1-26-18(24)10-11-23-19(25)16-8-4-5-9-17(16)22-20(23)27-13-15-7-3-2-6-14(15)12-21/h2-9H,10-11,13H2,1H3. The first kappa shape index (κ1) is 18.7. The summed E-state index contributed by atoms with van der Waals surface area (Å²) in [7, 11) is 1.32. The number of para-hydroxylation sites is 1. The van der Waals surface area contributed by atoms with Crippen LogP contribution in [0.5, 0.6) is 0 Å². The highest BCUT2D eigenvalue weighted by molar-refractivity contribution is 7.98. The molecule has 0 bridgehead atoms. The smallest absolute Gasteiger partial charge is 0.307 e. The van der Waals surface area contributed by atoms with Crippen LogP contribution in [0.15, 0.2) is 58.5 Å². The maximum Gasteiger partial charge on any atom is 0.307 e. The van der Waals surface area contributed by atoms with E-state index < -0.39 is 0 Å². The summed E-state index contributed by atoms with van der Waals surface area (Å²) >= 11 is 1.37.